The van der Waals surface area contributed by atoms with Crippen molar-refractivity contribution in [1.82, 2.24) is 5.32 Å². The largest absolute Gasteiger partial charge is 0.467 e. The van der Waals surface area contributed by atoms with Crippen LogP contribution in [0.2, 0.25) is 10.0 Å². The van der Waals surface area contributed by atoms with Crippen LogP contribution in [-0.2, 0) is 27.2 Å². The highest BCUT2D eigenvalue weighted by Crippen LogP contribution is 2.22. The molecule has 0 aromatic heterocycles. The molecule has 0 spiro atoms. The summed E-state index contributed by atoms with van der Waals surface area (Å²) in [7, 11) is 1.24. The number of hydrogen-bond acceptors (Lipinski definition) is 3. The van der Waals surface area contributed by atoms with Crippen LogP contribution >= 0.6 is 23.2 Å². The van der Waals surface area contributed by atoms with Crippen molar-refractivity contribution in [3.05, 3.63) is 69.5 Å². The van der Waals surface area contributed by atoms with Crippen LogP contribution in [0.4, 0.5) is 4.39 Å². The summed E-state index contributed by atoms with van der Waals surface area (Å²) >= 11 is 12.0. The summed E-state index contributed by atoms with van der Waals surface area (Å²) in [6.07, 6.45) is 0.181. The molecule has 1 amide bonds. The SMILES string of the molecule is COC(=O)[C@H](Cc1ccc(Cl)cc1Cl)NC(=O)Cc1ccc(F)cc1. The zero-order chi connectivity index (χ0) is 18.4. The first kappa shape index (κ1) is 19.2. The van der Waals surface area contributed by atoms with E-state index in [9.17, 15) is 14.0 Å². The summed E-state index contributed by atoms with van der Waals surface area (Å²) in [5.41, 5.74) is 1.29. The van der Waals surface area contributed by atoms with E-state index in [1.807, 2.05) is 0 Å². The van der Waals surface area contributed by atoms with Crippen LogP contribution in [0, 0.1) is 5.82 Å². The number of benzene rings is 2. The lowest BCUT2D eigenvalue weighted by Crippen LogP contribution is -2.43. The van der Waals surface area contributed by atoms with Crippen molar-refractivity contribution in [3.8, 4) is 0 Å². The Morgan fingerprint density at radius 2 is 1.84 bits per heavy atom. The van der Waals surface area contributed by atoms with Crippen LogP contribution in [0.5, 0.6) is 0 Å². The van der Waals surface area contributed by atoms with Gasteiger partial charge in [-0.15, -0.1) is 0 Å². The average Bonchev–Trinajstić information content (AvgIpc) is 2.58. The van der Waals surface area contributed by atoms with E-state index < -0.39 is 12.0 Å². The zero-order valence-corrected chi connectivity index (χ0v) is 14.9. The Morgan fingerprint density at radius 1 is 1.16 bits per heavy atom. The smallest absolute Gasteiger partial charge is 0.328 e. The van der Waals surface area contributed by atoms with Crippen LogP contribution < -0.4 is 5.32 Å². The number of methoxy groups -OCH3 is 1. The molecule has 2 rings (SSSR count). The summed E-state index contributed by atoms with van der Waals surface area (Å²) in [6.45, 7) is 0. The maximum absolute atomic E-state index is 12.9. The second kappa shape index (κ2) is 8.83. The molecule has 0 saturated heterocycles. The van der Waals surface area contributed by atoms with Crippen molar-refractivity contribution in [1.29, 1.82) is 0 Å². The Labute approximate surface area is 154 Å². The predicted molar refractivity (Wildman–Crippen MR) is 94.2 cm³/mol. The fourth-order valence-corrected chi connectivity index (χ4v) is 2.76. The highest BCUT2D eigenvalue weighted by atomic mass is 35.5. The molecule has 25 heavy (non-hydrogen) atoms. The third-order valence-electron chi connectivity index (χ3n) is 3.54. The molecule has 0 unspecified atom stereocenters. The molecule has 132 valence electrons. The quantitative estimate of drug-likeness (QED) is 0.775. The Morgan fingerprint density at radius 3 is 2.44 bits per heavy atom. The molecule has 0 fully saturated rings. The molecule has 0 aliphatic rings. The number of carbonyl (C=O) groups excluding carboxylic acids is 2. The molecule has 0 bridgehead atoms. The summed E-state index contributed by atoms with van der Waals surface area (Å²) in [5, 5.41) is 3.50. The summed E-state index contributed by atoms with van der Waals surface area (Å²) < 4.78 is 17.7. The van der Waals surface area contributed by atoms with Gasteiger partial charge in [-0.25, -0.2) is 9.18 Å². The monoisotopic (exact) mass is 383 g/mol. The van der Waals surface area contributed by atoms with Gasteiger partial charge in [0.25, 0.3) is 0 Å². The van der Waals surface area contributed by atoms with Gasteiger partial charge in [0.05, 0.1) is 13.5 Å². The van der Waals surface area contributed by atoms with Crippen molar-refractivity contribution in [3.63, 3.8) is 0 Å². The maximum Gasteiger partial charge on any atom is 0.328 e. The molecule has 0 radical (unpaired) electrons. The van der Waals surface area contributed by atoms with E-state index in [0.29, 0.717) is 21.2 Å². The van der Waals surface area contributed by atoms with E-state index in [0.717, 1.165) is 0 Å². The molecule has 0 aliphatic heterocycles. The van der Waals surface area contributed by atoms with Crippen molar-refractivity contribution in [2.75, 3.05) is 7.11 Å². The molecular weight excluding hydrogens is 368 g/mol. The van der Waals surface area contributed by atoms with E-state index in [1.165, 1.54) is 31.4 Å². The van der Waals surface area contributed by atoms with Gasteiger partial charge < -0.3 is 10.1 Å². The van der Waals surface area contributed by atoms with Gasteiger partial charge in [-0.05, 0) is 35.4 Å². The van der Waals surface area contributed by atoms with E-state index in [2.05, 4.69) is 5.32 Å². The highest BCUT2D eigenvalue weighted by Gasteiger charge is 2.23. The lowest BCUT2D eigenvalue weighted by molar-refractivity contribution is -0.145. The van der Waals surface area contributed by atoms with Crippen molar-refractivity contribution in [2.24, 2.45) is 0 Å². The van der Waals surface area contributed by atoms with E-state index >= 15 is 0 Å². The summed E-state index contributed by atoms with van der Waals surface area (Å²) in [4.78, 5) is 24.2. The molecule has 1 N–H and O–H groups in total. The highest BCUT2D eigenvalue weighted by molar-refractivity contribution is 6.35. The number of esters is 1. The number of nitrogens with one attached hydrogen (secondary N) is 1. The summed E-state index contributed by atoms with van der Waals surface area (Å²) in [5.74, 6) is -1.35. The second-order valence-corrected chi connectivity index (χ2v) is 6.23. The summed E-state index contributed by atoms with van der Waals surface area (Å²) in [6, 6.07) is 9.58. The maximum atomic E-state index is 12.9. The van der Waals surface area contributed by atoms with Crippen LogP contribution in [0.25, 0.3) is 0 Å². The fourth-order valence-electron chi connectivity index (χ4n) is 2.28. The topological polar surface area (TPSA) is 55.4 Å². The molecule has 4 nitrogen and oxygen atoms in total. The first-order valence-electron chi connectivity index (χ1n) is 7.44. The van der Waals surface area contributed by atoms with Gasteiger partial charge in [0.2, 0.25) is 5.91 Å². The van der Waals surface area contributed by atoms with Crippen molar-refractivity contribution in [2.45, 2.75) is 18.9 Å². The molecule has 1 atom stereocenters. The zero-order valence-electron chi connectivity index (χ0n) is 13.4. The van der Waals surface area contributed by atoms with Crippen LogP contribution in [-0.4, -0.2) is 25.0 Å². The number of amides is 1. The number of ether oxygens (including phenoxy) is 1. The number of rotatable bonds is 6. The number of halogens is 3. The Hall–Kier alpha value is -2.11. The molecule has 0 aliphatic carbocycles. The predicted octanol–water partition coefficient (Wildman–Crippen LogP) is 3.58. The minimum Gasteiger partial charge on any atom is -0.467 e. The molecule has 2 aromatic carbocycles. The Kier molecular flexibility index (Phi) is 6.79. The van der Waals surface area contributed by atoms with Gasteiger partial charge in [0.15, 0.2) is 0 Å². The lowest BCUT2D eigenvalue weighted by Gasteiger charge is -2.17. The molecule has 2 aromatic rings. The normalized spacial score (nSPS) is 11.7. The fraction of sp³-hybridized carbons (Fsp3) is 0.222. The van der Waals surface area contributed by atoms with E-state index in [4.69, 9.17) is 27.9 Å². The lowest BCUT2D eigenvalue weighted by atomic mass is 10.0. The molecule has 0 heterocycles. The van der Waals surface area contributed by atoms with Gasteiger partial charge in [0, 0.05) is 16.5 Å². The van der Waals surface area contributed by atoms with E-state index in [1.54, 1.807) is 18.2 Å². The minimum atomic E-state index is -0.892. The van der Waals surface area contributed by atoms with Gasteiger partial charge >= 0.3 is 5.97 Å². The van der Waals surface area contributed by atoms with Gasteiger partial charge in [0.1, 0.15) is 11.9 Å². The molecular formula is C18H16Cl2FNO3. The average molecular weight is 384 g/mol. The van der Waals surface area contributed by atoms with Gasteiger partial charge in [-0.1, -0.05) is 41.4 Å². The number of hydrogen-bond donors (Lipinski definition) is 1. The molecule has 0 saturated carbocycles. The van der Waals surface area contributed by atoms with Crippen LogP contribution in [0.1, 0.15) is 11.1 Å². The van der Waals surface area contributed by atoms with Crippen molar-refractivity contribution >= 4 is 35.1 Å². The number of carbonyl (C=O) groups is 2. The van der Waals surface area contributed by atoms with Crippen molar-refractivity contribution < 1.29 is 18.7 Å². The van der Waals surface area contributed by atoms with Crippen LogP contribution in [0.15, 0.2) is 42.5 Å². The third-order valence-corrected chi connectivity index (χ3v) is 4.12. The van der Waals surface area contributed by atoms with Gasteiger partial charge in [-0.2, -0.15) is 0 Å². The third kappa shape index (κ3) is 5.73. The second-order valence-electron chi connectivity index (χ2n) is 5.39. The Balaban J connectivity index is 2.07. The molecule has 7 heteroatoms. The van der Waals surface area contributed by atoms with Crippen LogP contribution in [0.3, 0.4) is 0 Å². The first-order chi connectivity index (χ1) is 11.9. The standard InChI is InChI=1S/C18H16Cl2FNO3/c1-25-18(24)16(9-12-4-5-13(19)10-15(12)20)22-17(23)8-11-2-6-14(21)7-3-11/h2-7,10,16H,8-9H2,1H3,(H,22,23)/t16-/m0/s1. The Bertz CT molecular complexity index is 765. The van der Waals surface area contributed by atoms with Gasteiger partial charge in [-0.3, -0.25) is 4.79 Å². The first-order valence-corrected chi connectivity index (χ1v) is 8.20. The minimum absolute atomic E-state index is 0.0160. The van der Waals surface area contributed by atoms with E-state index in [-0.39, 0.29) is 24.6 Å².